The minimum absolute atomic E-state index is 0.0597. The molecular formula is C16H16N4O7S. The van der Waals surface area contributed by atoms with Gasteiger partial charge in [-0.15, -0.1) is 4.40 Å². The SMILES string of the molecule is COC(=O)c1cc([N+](=O)[O-])c(Oc2cccnc2)c(S(=O)(=O)N=CN(C)C)c1. The molecule has 1 heterocycles. The molecule has 0 saturated carbocycles. The molecule has 0 fully saturated rings. The highest BCUT2D eigenvalue weighted by atomic mass is 32.2. The molecule has 2 rings (SSSR count). The zero-order chi connectivity index (χ0) is 20.9. The first-order chi connectivity index (χ1) is 13.2. The van der Waals surface area contributed by atoms with Crippen LogP contribution < -0.4 is 4.74 Å². The van der Waals surface area contributed by atoms with E-state index in [4.69, 9.17) is 4.74 Å². The number of hydrogen-bond donors (Lipinski definition) is 0. The Hall–Kier alpha value is -3.54. The molecule has 0 spiro atoms. The van der Waals surface area contributed by atoms with Crippen molar-refractivity contribution in [3.63, 3.8) is 0 Å². The normalized spacial score (nSPS) is 11.2. The quantitative estimate of drug-likeness (QED) is 0.220. The van der Waals surface area contributed by atoms with Gasteiger partial charge in [0, 0.05) is 26.4 Å². The number of methoxy groups -OCH3 is 1. The van der Waals surface area contributed by atoms with Crippen molar-refractivity contribution < 1.29 is 27.6 Å². The minimum atomic E-state index is -4.46. The van der Waals surface area contributed by atoms with Gasteiger partial charge in [-0.3, -0.25) is 15.1 Å². The number of rotatable bonds is 7. The van der Waals surface area contributed by atoms with Crippen molar-refractivity contribution in [3.8, 4) is 11.5 Å². The van der Waals surface area contributed by atoms with Crippen molar-refractivity contribution >= 4 is 28.0 Å². The lowest BCUT2D eigenvalue weighted by Gasteiger charge is -2.12. The highest BCUT2D eigenvalue weighted by Gasteiger charge is 2.31. The molecular weight excluding hydrogens is 392 g/mol. The van der Waals surface area contributed by atoms with Crippen LogP contribution in [-0.4, -0.2) is 56.7 Å². The first-order valence-electron chi connectivity index (χ1n) is 7.61. The maximum atomic E-state index is 12.7. The molecule has 0 bridgehead atoms. The standard InChI is InChI=1S/C16H16N4O7S/c1-19(2)10-18-28(24,25)14-8-11(16(21)26-3)7-13(20(22)23)15(14)27-12-5-4-6-17-9-12/h4-10H,1-3H3. The Bertz CT molecular complexity index is 1020. The molecule has 0 unspecified atom stereocenters. The van der Waals surface area contributed by atoms with E-state index < -0.39 is 37.2 Å². The Balaban J connectivity index is 2.78. The number of carbonyl (C=O) groups is 1. The van der Waals surface area contributed by atoms with Crippen molar-refractivity contribution in [3.05, 3.63) is 52.3 Å². The van der Waals surface area contributed by atoms with Crippen LogP contribution in [-0.2, 0) is 14.8 Å². The fourth-order valence-corrected chi connectivity index (χ4v) is 3.07. The highest BCUT2D eigenvalue weighted by Crippen LogP contribution is 2.39. The number of nitro benzene ring substituents is 1. The third kappa shape index (κ3) is 4.79. The molecule has 2 aromatic rings. The Labute approximate surface area is 160 Å². The Morgan fingerprint density at radius 1 is 1.36 bits per heavy atom. The molecule has 1 aromatic carbocycles. The Kier molecular flexibility index (Phi) is 6.26. The highest BCUT2D eigenvalue weighted by molar-refractivity contribution is 7.90. The predicted molar refractivity (Wildman–Crippen MR) is 98.1 cm³/mol. The summed E-state index contributed by atoms with van der Waals surface area (Å²) in [6, 6.07) is 4.71. The number of carbonyl (C=O) groups excluding carboxylic acids is 1. The van der Waals surface area contributed by atoms with Crippen LogP contribution in [0.5, 0.6) is 11.5 Å². The van der Waals surface area contributed by atoms with Crippen molar-refractivity contribution in [1.82, 2.24) is 9.88 Å². The number of nitrogens with zero attached hydrogens (tertiary/aromatic N) is 4. The summed E-state index contributed by atoms with van der Waals surface area (Å²) >= 11 is 0. The van der Waals surface area contributed by atoms with Crippen molar-refractivity contribution in [2.45, 2.75) is 4.90 Å². The molecule has 0 saturated heterocycles. The van der Waals surface area contributed by atoms with E-state index in [1.165, 1.54) is 29.4 Å². The van der Waals surface area contributed by atoms with Gasteiger partial charge in [-0.1, -0.05) is 0 Å². The predicted octanol–water partition coefficient (Wildman–Crippen LogP) is 1.85. The van der Waals surface area contributed by atoms with Crippen LogP contribution in [0.4, 0.5) is 5.69 Å². The molecule has 0 radical (unpaired) electrons. The smallest absolute Gasteiger partial charge is 0.338 e. The lowest BCUT2D eigenvalue weighted by Crippen LogP contribution is -2.12. The van der Waals surface area contributed by atoms with Gasteiger partial charge in [0.15, 0.2) is 0 Å². The second kappa shape index (κ2) is 8.43. The lowest BCUT2D eigenvalue weighted by atomic mass is 10.2. The van der Waals surface area contributed by atoms with E-state index in [2.05, 4.69) is 14.1 Å². The van der Waals surface area contributed by atoms with Crippen LogP contribution in [0.25, 0.3) is 0 Å². The average Bonchev–Trinajstić information content (AvgIpc) is 2.66. The molecule has 0 atom stereocenters. The van der Waals surface area contributed by atoms with Gasteiger partial charge < -0.3 is 14.4 Å². The van der Waals surface area contributed by atoms with Gasteiger partial charge in [-0.25, -0.2) is 4.79 Å². The van der Waals surface area contributed by atoms with Crippen LogP contribution in [0.1, 0.15) is 10.4 Å². The minimum Gasteiger partial charge on any atom is -0.465 e. The van der Waals surface area contributed by atoms with Crippen LogP contribution in [0.2, 0.25) is 0 Å². The molecule has 28 heavy (non-hydrogen) atoms. The molecule has 0 N–H and O–H groups in total. The maximum absolute atomic E-state index is 12.7. The summed E-state index contributed by atoms with van der Waals surface area (Å²) < 4.78 is 38.8. The first kappa shape index (κ1) is 20.8. The third-order valence-corrected chi connectivity index (χ3v) is 4.43. The number of hydrogen-bond acceptors (Lipinski definition) is 8. The van der Waals surface area contributed by atoms with E-state index in [1.54, 1.807) is 14.1 Å². The average molecular weight is 408 g/mol. The Morgan fingerprint density at radius 3 is 2.61 bits per heavy atom. The summed E-state index contributed by atoms with van der Waals surface area (Å²) in [5.41, 5.74) is -1.09. The number of benzene rings is 1. The summed E-state index contributed by atoms with van der Waals surface area (Å²) in [5.74, 6) is -1.49. The molecule has 0 amide bonds. The van der Waals surface area contributed by atoms with Crippen LogP contribution in [0.15, 0.2) is 46.0 Å². The fourth-order valence-electron chi connectivity index (χ4n) is 1.99. The van der Waals surface area contributed by atoms with Crippen molar-refractivity contribution in [2.24, 2.45) is 4.40 Å². The molecule has 0 aliphatic rings. The number of nitro groups is 1. The first-order valence-corrected chi connectivity index (χ1v) is 9.05. The van der Waals surface area contributed by atoms with E-state index in [1.807, 2.05) is 0 Å². The zero-order valence-electron chi connectivity index (χ0n) is 15.1. The van der Waals surface area contributed by atoms with Crippen LogP contribution in [0.3, 0.4) is 0 Å². The number of sulfonamides is 1. The largest absolute Gasteiger partial charge is 0.465 e. The van der Waals surface area contributed by atoms with Crippen LogP contribution >= 0.6 is 0 Å². The molecule has 11 nitrogen and oxygen atoms in total. The topological polar surface area (TPSA) is 141 Å². The summed E-state index contributed by atoms with van der Waals surface area (Å²) in [6.07, 6.45) is 3.69. The van der Waals surface area contributed by atoms with Gasteiger partial charge in [-0.2, -0.15) is 8.42 Å². The fraction of sp³-hybridized carbons (Fsp3) is 0.188. The monoisotopic (exact) mass is 408 g/mol. The number of esters is 1. The van der Waals surface area contributed by atoms with Crippen molar-refractivity contribution in [2.75, 3.05) is 21.2 Å². The summed E-state index contributed by atoms with van der Waals surface area (Å²) in [5, 5.41) is 11.5. The van der Waals surface area contributed by atoms with E-state index in [0.717, 1.165) is 25.6 Å². The summed E-state index contributed by atoms with van der Waals surface area (Å²) in [6.45, 7) is 0. The molecule has 12 heteroatoms. The number of pyridine rings is 1. The van der Waals surface area contributed by atoms with E-state index in [-0.39, 0.29) is 11.3 Å². The Morgan fingerprint density at radius 2 is 2.07 bits per heavy atom. The van der Waals surface area contributed by atoms with Gasteiger partial charge in [0.05, 0.1) is 23.8 Å². The van der Waals surface area contributed by atoms with Crippen molar-refractivity contribution in [1.29, 1.82) is 0 Å². The second-order valence-corrected chi connectivity index (χ2v) is 7.12. The van der Waals surface area contributed by atoms with Gasteiger partial charge in [0.1, 0.15) is 17.0 Å². The lowest BCUT2D eigenvalue weighted by molar-refractivity contribution is -0.385. The van der Waals surface area contributed by atoms with E-state index in [0.29, 0.717) is 0 Å². The summed E-state index contributed by atoms with van der Waals surface area (Å²) in [4.78, 5) is 27.0. The number of ether oxygens (including phenoxy) is 2. The molecule has 0 aliphatic heterocycles. The third-order valence-electron chi connectivity index (χ3n) is 3.20. The molecule has 148 valence electrons. The van der Waals surface area contributed by atoms with E-state index in [9.17, 15) is 23.3 Å². The van der Waals surface area contributed by atoms with Gasteiger partial charge in [0.2, 0.25) is 5.75 Å². The van der Waals surface area contributed by atoms with Gasteiger partial charge in [0.25, 0.3) is 10.0 Å². The summed E-state index contributed by atoms with van der Waals surface area (Å²) in [7, 11) is -0.312. The van der Waals surface area contributed by atoms with Gasteiger partial charge >= 0.3 is 11.7 Å². The molecule has 0 aliphatic carbocycles. The van der Waals surface area contributed by atoms with E-state index >= 15 is 0 Å². The van der Waals surface area contributed by atoms with Gasteiger partial charge in [-0.05, 0) is 18.2 Å². The number of aromatic nitrogens is 1. The maximum Gasteiger partial charge on any atom is 0.338 e. The molecule has 1 aromatic heterocycles. The van der Waals surface area contributed by atoms with Crippen LogP contribution in [0, 0.1) is 10.1 Å². The zero-order valence-corrected chi connectivity index (χ0v) is 15.9. The second-order valence-electron chi connectivity index (χ2n) is 5.52.